The highest BCUT2D eigenvalue weighted by Gasteiger charge is 2.48. The second kappa shape index (κ2) is 5.94. The van der Waals surface area contributed by atoms with Crippen LogP contribution in [0.3, 0.4) is 0 Å². The molecule has 26 heavy (non-hydrogen) atoms. The number of amides is 3. The van der Waals surface area contributed by atoms with Crippen molar-refractivity contribution in [2.75, 3.05) is 0 Å². The monoisotopic (exact) mass is 358 g/mol. The van der Waals surface area contributed by atoms with Gasteiger partial charge in [-0.05, 0) is 12.5 Å². The molecule has 134 valence electrons. The number of imide groups is 1. The van der Waals surface area contributed by atoms with Gasteiger partial charge in [-0.3, -0.25) is 19.3 Å². The third kappa shape index (κ3) is 2.43. The van der Waals surface area contributed by atoms with Crippen LogP contribution in [0.4, 0.5) is 0 Å². The minimum Gasteiger partial charge on any atom is -0.433 e. The van der Waals surface area contributed by atoms with Crippen molar-refractivity contribution in [3.8, 4) is 0 Å². The van der Waals surface area contributed by atoms with Gasteiger partial charge in [0, 0.05) is 24.8 Å². The lowest BCUT2D eigenvalue weighted by atomic mass is 10.1. The summed E-state index contributed by atoms with van der Waals surface area (Å²) in [6.45, 7) is 0. The molecular weight excluding hydrogens is 344 g/mol. The van der Waals surface area contributed by atoms with Crippen LogP contribution in [0.2, 0.25) is 0 Å². The Morgan fingerprint density at radius 1 is 1.00 bits per heavy atom. The van der Waals surface area contributed by atoms with E-state index in [9.17, 15) is 24.0 Å². The van der Waals surface area contributed by atoms with Crippen LogP contribution in [0.1, 0.15) is 47.8 Å². The number of hydrogen-bond donors (Lipinski definition) is 0. The number of cyclic esters (lactones) is 1. The predicted molar refractivity (Wildman–Crippen MR) is 81.6 cm³/mol. The standard InChI is InChI=1S/C17H14N2O7/c20-12-6-5-11(17(24)26-19-13(21)7-8-14(19)22)18(12)15-9-3-1-2-4-10(9)16(23)25-15/h1-4,11,15H,5-8H2/t11-,15+/m0/s1. The fourth-order valence-corrected chi connectivity index (χ4v) is 3.37. The van der Waals surface area contributed by atoms with Crippen molar-refractivity contribution in [1.82, 2.24) is 9.96 Å². The minimum atomic E-state index is -1.05. The van der Waals surface area contributed by atoms with E-state index < -0.39 is 36.0 Å². The van der Waals surface area contributed by atoms with Crippen molar-refractivity contribution in [2.24, 2.45) is 0 Å². The molecule has 0 N–H and O–H groups in total. The van der Waals surface area contributed by atoms with Crippen molar-refractivity contribution in [1.29, 1.82) is 0 Å². The highest BCUT2D eigenvalue weighted by Crippen LogP contribution is 2.38. The summed E-state index contributed by atoms with van der Waals surface area (Å²) in [6.07, 6.45) is -0.863. The first kappa shape index (κ1) is 16.2. The zero-order valence-corrected chi connectivity index (χ0v) is 13.5. The van der Waals surface area contributed by atoms with Gasteiger partial charge >= 0.3 is 11.9 Å². The first-order chi connectivity index (χ1) is 12.5. The van der Waals surface area contributed by atoms with Crippen LogP contribution in [0.15, 0.2) is 24.3 Å². The topological polar surface area (TPSA) is 110 Å². The molecule has 2 saturated heterocycles. The first-order valence-corrected chi connectivity index (χ1v) is 8.16. The molecule has 4 rings (SSSR count). The molecule has 3 amide bonds. The number of carbonyl (C=O) groups excluding carboxylic acids is 5. The van der Waals surface area contributed by atoms with Gasteiger partial charge in [0.25, 0.3) is 11.8 Å². The Bertz CT molecular complexity index is 833. The average Bonchev–Trinajstić information content (AvgIpc) is 3.26. The smallest absolute Gasteiger partial charge is 0.355 e. The van der Waals surface area contributed by atoms with Crippen LogP contribution in [-0.2, 0) is 28.8 Å². The van der Waals surface area contributed by atoms with Crippen molar-refractivity contribution < 1.29 is 33.5 Å². The molecule has 0 bridgehead atoms. The number of benzene rings is 1. The molecule has 2 atom stereocenters. The molecule has 2 fully saturated rings. The number of hydrogen-bond acceptors (Lipinski definition) is 7. The molecule has 3 heterocycles. The quantitative estimate of drug-likeness (QED) is 0.570. The maximum absolute atomic E-state index is 12.5. The third-order valence-corrected chi connectivity index (χ3v) is 4.63. The first-order valence-electron chi connectivity index (χ1n) is 8.16. The van der Waals surface area contributed by atoms with E-state index in [1.165, 1.54) is 0 Å². The molecular formula is C17H14N2O7. The maximum atomic E-state index is 12.5. The summed E-state index contributed by atoms with van der Waals surface area (Å²) in [5, 5.41) is 0.442. The van der Waals surface area contributed by atoms with Crippen molar-refractivity contribution in [3.63, 3.8) is 0 Å². The summed E-state index contributed by atoms with van der Waals surface area (Å²) < 4.78 is 5.29. The zero-order chi connectivity index (χ0) is 18.4. The number of rotatable bonds is 3. The molecule has 1 aromatic carbocycles. The summed E-state index contributed by atoms with van der Waals surface area (Å²) in [6, 6.07) is 5.54. The number of ether oxygens (including phenoxy) is 1. The van der Waals surface area contributed by atoms with E-state index in [0.29, 0.717) is 16.2 Å². The third-order valence-electron chi connectivity index (χ3n) is 4.63. The van der Waals surface area contributed by atoms with Crippen LogP contribution in [-0.4, -0.2) is 45.7 Å². The molecule has 9 nitrogen and oxygen atoms in total. The fraction of sp³-hybridized carbons (Fsp3) is 0.353. The largest absolute Gasteiger partial charge is 0.433 e. The van der Waals surface area contributed by atoms with Crippen LogP contribution in [0, 0.1) is 0 Å². The second-order valence-electron chi connectivity index (χ2n) is 6.19. The van der Waals surface area contributed by atoms with E-state index in [0.717, 1.165) is 4.90 Å². The number of esters is 1. The number of hydroxylamine groups is 2. The van der Waals surface area contributed by atoms with Crippen molar-refractivity contribution in [2.45, 2.75) is 38.0 Å². The molecule has 0 radical (unpaired) electrons. The number of fused-ring (bicyclic) bond motifs is 1. The Kier molecular flexibility index (Phi) is 3.71. The fourth-order valence-electron chi connectivity index (χ4n) is 3.37. The molecule has 3 aliphatic rings. The van der Waals surface area contributed by atoms with Crippen LogP contribution in [0.5, 0.6) is 0 Å². The Hall–Kier alpha value is -3.23. The molecule has 3 aliphatic heterocycles. The Balaban J connectivity index is 1.59. The molecule has 9 heteroatoms. The van der Waals surface area contributed by atoms with Crippen molar-refractivity contribution in [3.05, 3.63) is 35.4 Å². The van der Waals surface area contributed by atoms with Gasteiger partial charge in [-0.2, -0.15) is 0 Å². The lowest BCUT2D eigenvalue weighted by Crippen LogP contribution is -2.45. The van der Waals surface area contributed by atoms with Gasteiger partial charge in [0.05, 0.1) is 5.56 Å². The predicted octanol–water partition coefficient (Wildman–Crippen LogP) is 0.454. The Morgan fingerprint density at radius 2 is 1.69 bits per heavy atom. The summed E-state index contributed by atoms with van der Waals surface area (Å²) in [4.78, 5) is 66.2. The zero-order valence-electron chi connectivity index (χ0n) is 13.5. The normalized spacial score (nSPS) is 24.9. The average molecular weight is 358 g/mol. The SMILES string of the molecule is O=C1O[C@@H](N2C(=O)CC[C@H]2C(=O)ON2C(=O)CCC2=O)c2ccccc21. The molecule has 0 spiro atoms. The van der Waals surface area contributed by atoms with E-state index in [1.807, 2.05) is 0 Å². The lowest BCUT2D eigenvalue weighted by Gasteiger charge is -2.29. The van der Waals surface area contributed by atoms with E-state index in [-0.39, 0.29) is 31.6 Å². The molecule has 1 aromatic rings. The van der Waals surface area contributed by atoms with Gasteiger partial charge < -0.3 is 9.57 Å². The van der Waals surface area contributed by atoms with Crippen LogP contribution < -0.4 is 0 Å². The Morgan fingerprint density at radius 3 is 2.42 bits per heavy atom. The van der Waals surface area contributed by atoms with Crippen molar-refractivity contribution >= 4 is 29.7 Å². The second-order valence-corrected chi connectivity index (χ2v) is 6.19. The minimum absolute atomic E-state index is 0.0208. The summed E-state index contributed by atoms with van der Waals surface area (Å²) in [7, 11) is 0. The van der Waals surface area contributed by atoms with Gasteiger partial charge in [-0.1, -0.05) is 18.2 Å². The number of likely N-dealkylation sites (tertiary alicyclic amines) is 1. The number of nitrogens with zero attached hydrogens (tertiary/aromatic N) is 2. The van der Waals surface area contributed by atoms with Gasteiger partial charge in [0.15, 0.2) is 0 Å². The highest BCUT2D eigenvalue weighted by atomic mass is 16.7. The van der Waals surface area contributed by atoms with Gasteiger partial charge in [0.2, 0.25) is 12.1 Å². The van der Waals surface area contributed by atoms with Gasteiger partial charge in [0.1, 0.15) is 6.04 Å². The summed E-state index contributed by atoms with van der Waals surface area (Å²) in [5.41, 5.74) is 0.813. The van der Waals surface area contributed by atoms with E-state index in [1.54, 1.807) is 24.3 Å². The molecule has 0 unspecified atom stereocenters. The molecule has 0 saturated carbocycles. The van der Waals surface area contributed by atoms with E-state index in [4.69, 9.17) is 9.57 Å². The Labute approximate surface area is 147 Å². The van der Waals surface area contributed by atoms with Crippen LogP contribution >= 0.6 is 0 Å². The summed E-state index contributed by atoms with van der Waals surface area (Å²) >= 11 is 0. The lowest BCUT2D eigenvalue weighted by molar-refractivity contribution is -0.202. The van der Waals surface area contributed by atoms with Gasteiger partial charge in [-0.15, -0.1) is 5.06 Å². The molecule has 0 aromatic heterocycles. The number of carbonyl (C=O) groups is 5. The maximum Gasteiger partial charge on any atom is 0.355 e. The molecule has 0 aliphatic carbocycles. The van der Waals surface area contributed by atoms with Crippen LogP contribution in [0.25, 0.3) is 0 Å². The van der Waals surface area contributed by atoms with E-state index >= 15 is 0 Å². The van der Waals surface area contributed by atoms with Gasteiger partial charge in [-0.25, -0.2) is 9.59 Å². The highest BCUT2D eigenvalue weighted by molar-refractivity contribution is 6.02. The summed E-state index contributed by atoms with van der Waals surface area (Å²) in [5.74, 6) is -3.06. The van der Waals surface area contributed by atoms with E-state index in [2.05, 4.69) is 0 Å².